The maximum absolute atomic E-state index is 13.2. The average Bonchev–Trinajstić information content (AvgIpc) is 3.29. The Labute approximate surface area is 221 Å². The molecule has 1 saturated heterocycles. The molecule has 37 heavy (non-hydrogen) atoms. The van der Waals surface area contributed by atoms with E-state index in [2.05, 4.69) is 10.2 Å². The van der Waals surface area contributed by atoms with Gasteiger partial charge in [-0.05, 0) is 31.4 Å². The van der Waals surface area contributed by atoms with E-state index in [4.69, 9.17) is 23.9 Å². The van der Waals surface area contributed by atoms with Crippen molar-refractivity contribution >= 4 is 28.8 Å². The molecule has 3 aliphatic heterocycles. The molecule has 10 nitrogen and oxygen atoms in total. The molecule has 0 aromatic heterocycles. The van der Waals surface area contributed by atoms with Gasteiger partial charge in [0.25, 0.3) is 0 Å². The summed E-state index contributed by atoms with van der Waals surface area (Å²) in [5, 5.41) is 5.64. The van der Waals surface area contributed by atoms with Gasteiger partial charge in [0.15, 0.2) is 5.17 Å². The molecule has 200 valence electrons. The number of nitrogens with one attached hydrogen (secondary N) is 1. The molecule has 1 aromatic carbocycles. The molecular formula is C26H34N4O6S. The number of amidine groups is 1. The second-order valence-electron chi connectivity index (χ2n) is 8.70. The molecule has 1 aromatic rings. The zero-order valence-electron chi connectivity index (χ0n) is 21.7. The van der Waals surface area contributed by atoms with Gasteiger partial charge in [0, 0.05) is 43.5 Å². The highest BCUT2D eigenvalue weighted by atomic mass is 32.2. The van der Waals surface area contributed by atoms with Crippen LogP contribution in [0.2, 0.25) is 0 Å². The van der Waals surface area contributed by atoms with Crippen LogP contribution in [0, 0.1) is 0 Å². The topological polar surface area (TPSA) is 102 Å². The molecule has 0 radical (unpaired) electrons. The Morgan fingerprint density at radius 1 is 1.22 bits per heavy atom. The number of benzene rings is 1. The smallest absolute Gasteiger partial charge is 0.338 e. The summed E-state index contributed by atoms with van der Waals surface area (Å²) in [7, 11) is 3.16. The molecule has 1 atom stereocenters. The van der Waals surface area contributed by atoms with Crippen LogP contribution in [-0.2, 0) is 19.1 Å². The Balaban J connectivity index is 1.58. The van der Waals surface area contributed by atoms with Crippen LogP contribution < -0.4 is 14.8 Å². The third-order valence-electron chi connectivity index (χ3n) is 6.43. The second-order valence-corrected chi connectivity index (χ2v) is 9.54. The summed E-state index contributed by atoms with van der Waals surface area (Å²) in [6.07, 6.45) is 0.152. The zero-order chi connectivity index (χ0) is 26.4. The fraction of sp³-hybridized carbons (Fsp3) is 0.500. The van der Waals surface area contributed by atoms with E-state index in [1.807, 2.05) is 22.4 Å². The molecule has 4 rings (SSSR count). The minimum atomic E-state index is -0.574. The van der Waals surface area contributed by atoms with Gasteiger partial charge >= 0.3 is 5.97 Å². The number of amides is 1. The van der Waals surface area contributed by atoms with Gasteiger partial charge in [0.2, 0.25) is 5.91 Å². The van der Waals surface area contributed by atoms with Crippen molar-refractivity contribution in [2.24, 2.45) is 4.99 Å². The fourth-order valence-corrected chi connectivity index (χ4v) is 5.55. The summed E-state index contributed by atoms with van der Waals surface area (Å²) < 4.78 is 21.9. The third-order valence-corrected chi connectivity index (χ3v) is 7.32. The summed E-state index contributed by atoms with van der Waals surface area (Å²) in [5.41, 5.74) is 2.49. The number of ether oxygens (including phenoxy) is 4. The lowest BCUT2D eigenvalue weighted by atomic mass is 9.93. The van der Waals surface area contributed by atoms with Crippen LogP contribution in [0.1, 0.15) is 31.9 Å². The minimum absolute atomic E-state index is 0.0919. The summed E-state index contributed by atoms with van der Waals surface area (Å²) >= 11 is 1.43. The number of hydrogen-bond acceptors (Lipinski definition) is 10. The SMILES string of the molecule is CCOC(=O)C1=C(C)N=C2SC=C(CC(=O)NCCN3CCOCC3)N2C1c1ccc(OC)cc1OC. The van der Waals surface area contributed by atoms with Gasteiger partial charge in [-0.2, -0.15) is 0 Å². The second kappa shape index (κ2) is 12.5. The normalized spacial score (nSPS) is 19.7. The van der Waals surface area contributed by atoms with Crippen molar-refractivity contribution in [1.29, 1.82) is 0 Å². The van der Waals surface area contributed by atoms with Crippen molar-refractivity contribution in [2.75, 3.05) is 60.2 Å². The number of rotatable bonds is 10. The Kier molecular flexibility index (Phi) is 9.12. The molecule has 1 unspecified atom stereocenters. The fourth-order valence-electron chi connectivity index (χ4n) is 4.58. The molecule has 0 bridgehead atoms. The number of carbonyl (C=O) groups is 2. The van der Waals surface area contributed by atoms with Gasteiger partial charge in [-0.1, -0.05) is 11.8 Å². The first-order valence-electron chi connectivity index (χ1n) is 12.4. The number of morpholine rings is 1. The van der Waals surface area contributed by atoms with E-state index in [1.54, 1.807) is 34.1 Å². The van der Waals surface area contributed by atoms with E-state index >= 15 is 0 Å². The summed E-state index contributed by atoms with van der Waals surface area (Å²) in [5.74, 6) is 0.656. The van der Waals surface area contributed by atoms with Crippen molar-refractivity contribution in [3.05, 3.63) is 46.1 Å². The van der Waals surface area contributed by atoms with Gasteiger partial charge in [0.1, 0.15) is 11.5 Å². The van der Waals surface area contributed by atoms with Crippen LogP contribution in [0.15, 0.2) is 45.6 Å². The number of methoxy groups -OCH3 is 2. The number of hydrogen-bond donors (Lipinski definition) is 1. The van der Waals surface area contributed by atoms with E-state index in [-0.39, 0.29) is 18.9 Å². The Bertz CT molecular complexity index is 1110. The lowest BCUT2D eigenvalue weighted by molar-refractivity contribution is -0.139. The monoisotopic (exact) mass is 530 g/mol. The van der Waals surface area contributed by atoms with Crippen molar-refractivity contribution in [2.45, 2.75) is 26.3 Å². The van der Waals surface area contributed by atoms with E-state index in [0.29, 0.717) is 34.5 Å². The Morgan fingerprint density at radius 2 is 2.00 bits per heavy atom. The number of aliphatic imine (C=N–C) groups is 1. The van der Waals surface area contributed by atoms with Gasteiger partial charge in [0.05, 0.1) is 57.8 Å². The van der Waals surface area contributed by atoms with E-state index in [9.17, 15) is 9.59 Å². The first-order valence-corrected chi connectivity index (χ1v) is 13.2. The molecule has 3 aliphatic rings. The highest BCUT2D eigenvalue weighted by Gasteiger charge is 2.42. The number of esters is 1. The maximum atomic E-state index is 13.2. The Morgan fingerprint density at radius 3 is 2.70 bits per heavy atom. The largest absolute Gasteiger partial charge is 0.497 e. The number of thioether (sulfide) groups is 1. The van der Waals surface area contributed by atoms with Crippen molar-refractivity contribution in [3.63, 3.8) is 0 Å². The molecule has 0 spiro atoms. The lowest BCUT2D eigenvalue weighted by Crippen LogP contribution is -2.42. The summed E-state index contributed by atoms with van der Waals surface area (Å²) in [6.45, 7) is 8.34. The number of nitrogens with zero attached hydrogens (tertiary/aromatic N) is 3. The average molecular weight is 531 g/mol. The summed E-state index contributed by atoms with van der Waals surface area (Å²) in [4.78, 5) is 35.0. The van der Waals surface area contributed by atoms with Crippen molar-refractivity contribution in [3.8, 4) is 11.5 Å². The van der Waals surface area contributed by atoms with E-state index < -0.39 is 12.0 Å². The van der Waals surface area contributed by atoms with Crippen LogP contribution in [-0.4, -0.2) is 87.1 Å². The predicted molar refractivity (Wildman–Crippen MR) is 141 cm³/mol. The lowest BCUT2D eigenvalue weighted by Gasteiger charge is -2.36. The molecule has 11 heteroatoms. The third kappa shape index (κ3) is 6.11. The standard InChI is InChI=1S/C26H34N4O6S/c1-5-36-25(32)23-17(2)28-26-30(24(23)20-7-6-19(33-3)15-21(20)34-4)18(16-37-26)14-22(31)27-8-9-29-10-12-35-13-11-29/h6-7,15-16,24H,5,8-14H2,1-4H3,(H,27,31). The molecule has 1 N–H and O–H groups in total. The highest BCUT2D eigenvalue weighted by molar-refractivity contribution is 8.16. The highest BCUT2D eigenvalue weighted by Crippen LogP contribution is 2.47. The van der Waals surface area contributed by atoms with Crippen LogP contribution in [0.4, 0.5) is 0 Å². The van der Waals surface area contributed by atoms with Crippen molar-refractivity contribution < 1.29 is 28.5 Å². The van der Waals surface area contributed by atoms with Crippen LogP contribution >= 0.6 is 11.8 Å². The summed E-state index contributed by atoms with van der Waals surface area (Å²) in [6, 6.07) is 4.91. The van der Waals surface area contributed by atoms with E-state index in [1.165, 1.54) is 11.8 Å². The minimum Gasteiger partial charge on any atom is -0.497 e. The number of carbonyl (C=O) groups excluding carboxylic acids is 2. The predicted octanol–water partition coefficient (Wildman–Crippen LogP) is 2.68. The Hall–Kier alpha value is -3.02. The molecule has 0 saturated carbocycles. The van der Waals surface area contributed by atoms with Crippen LogP contribution in [0.3, 0.4) is 0 Å². The molecule has 1 amide bonds. The number of allylic oxidation sites excluding steroid dienone is 1. The maximum Gasteiger partial charge on any atom is 0.338 e. The first-order chi connectivity index (χ1) is 18.0. The van der Waals surface area contributed by atoms with Gasteiger partial charge in [-0.3, -0.25) is 9.69 Å². The molecule has 3 heterocycles. The first kappa shape index (κ1) is 27.0. The molecule has 1 fully saturated rings. The quantitative estimate of drug-likeness (QED) is 0.458. The van der Waals surface area contributed by atoms with E-state index in [0.717, 1.165) is 44.1 Å². The van der Waals surface area contributed by atoms with Gasteiger partial charge in [-0.15, -0.1) is 0 Å². The van der Waals surface area contributed by atoms with Crippen LogP contribution in [0.5, 0.6) is 11.5 Å². The zero-order valence-corrected chi connectivity index (χ0v) is 22.6. The van der Waals surface area contributed by atoms with Gasteiger partial charge in [-0.25, -0.2) is 9.79 Å². The van der Waals surface area contributed by atoms with Crippen molar-refractivity contribution in [1.82, 2.24) is 15.1 Å². The number of fused-ring (bicyclic) bond motifs is 1. The van der Waals surface area contributed by atoms with Gasteiger partial charge < -0.3 is 29.2 Å². The van der Waals surface area contributed by atoms with Crippen LogP contribution in [0.25, 0.3) is 0 Å². The molecule has 0 aliphatic carbocycles. The molecular weight excluding hydrogens is 496 g/mol.